The fourth-order valence-electron chi connectivity index (χ4n) is 1.50. The van der Waals surface area contributed by atoms with E-state index >= 15 is 0 Å². The summed E-state index contributed by atoms with van der Waals surface area (Å²) < 4.78 is 0. The topological polar surface area (TPSA) is 72.2 Å². The summed E-state index contributed by atoms with van der Waals surface area (Å²) in [4.78, 5) is 23.9. The molecule has 4 nitrogen and oxygen atoms in total. The van der Waals surface area contributed by atoms with Crippen molar-refractivity contribution in [2.24, 2.45) is 5.73 Å². The standard InChI is InChI=1S/C11H12N2O2S/c1-6-11(15)13-8-4-7(9(14)5-12)2-3-10(8)16-6/h2-4,6H,5,12H2,1H3,(H,13,15). The molecule has 0 bridgehead atoms. The van der Waals surface area contributed by atoms with Crippen molar-refractivity contribution in [3.8, 4) is 0 Å². The fourth-order valence-corrected chi connectivity index (χ4v) is 2.43. The van der Waals surface area contributed by atoms with Gasteiger partial charge in [0.15, 0.2) is 5.78 Å². The predicted molar refractivity (Wildman–Crippen MR) is 63.8 cm³/mol. The van der Waals surface area contributed by atoms with E-state index < -0.39 is 0 Å². The number of carbonyl (C=O) groups is 2. The maximum Gasteiger partial charge on any atom is 0.237 e. The first-order valence-corrected chi connectivity index (χ1v) is 5.84. The fraction of sp³-hybridized carbons (Fsp3) is 0.273. The largest absolute Gasteiger partial charge is 0.324 e. The third-order valence-electron chi connectivity index (χ3n) is 2.42. The molecule has 1 aromatic rings. The summed E-state index contributed by atoms with van der Waals surface area (Å²) in [5.74, 6) is -0.157. The average molecular weight is 236 g/mol. The van der Waals surface area contributed by atoms with Crippen molar-refractivity contribution in [1.82, 2.24) is 0 Å². The van der Waals surface area contributed by atoms with Crippen molar-refractivity contribution >= 4 is 29.1 Å². The van der Waals surface area contributed by atoms with E-state index in [1.807, 2.05) is 13.0 Å². The Bertz CT molecular complexity index is 459. The Labute approximate surface area is 97.6 Å². The van der Waals surface area contributed by atoms with Crippen LogP contribution in [0.4, 0.5) is 5.69 Å². The molecule has 0 saturated heterocycles. The minimum atomic E-state index is -0.124. The molecule has 1 heterocycles. The van der Waals surface area contributed by atoms with E-state index in [0.717, 1.165) is 4.90 Å². The van der Waals surface area contributed by atoms with E-state index in [1.54, 1.807) is 12.1 Å². The van der Waals surface area contributed by atoms with Crippen LogP contribution >= 0.6 is 11.8 Å². The summed E-state index contributed by atoms with van der Waals surface area (Å²) in [6, 6.07) is 5.27. The summed E-state index contributed by atoms with van der Waals surface area (Å²) in [5, 5.41) is 2.68. The van der Waals surface area contributed by atoms with E-state index in [2.05, 4.69) is 5.32 Å². The van der Waals surface area contributed by atoms with Crippen LogP contribution in [0.1, 0.15) is 17.3 Å². The summed E-state index contributed by atoms with van der Waals surface area (Å²) in [5.41, 5.74) is 6.53. The highest BCUT2D eigenvalue weighted by atomic mass is 32.2. The lowest BCUT2D eigenvalue weighted by molar-refractivity contribution is -0.115. The van der Waals surface area contributed by atoms with Gasteiger partial charge in [0.2, 0.25) is 5.91 Å². The van der Waals surface area contributed by atoms with E-state index in [1.165, 1.54) is 11.8 Å². The smallest absolute Gasteiger partial charge is 0.237 e. The molecule has 1 atom stereocenters. The van der Waals surface area contributed by atoms with E-state index in [4.69, 9.17) is 5.73 Å². The SMILES string of the molecule is CC1Sc2ccc(C(=O)CN)cc2NC1=O. The minimum Gasteiger partial charge on any atom is -0.324 e. The molecule has 16 heavy (non-hydrogen) atoms. The van der Waals surface area contributed by atoms with Crippen molar-refractivity contribution in [3.63, 3.8) is 0 Å². The third kappa shape index (κ3) is 1.96. The van der Waals surface area contributed by atoms with E-state index in [0.29, 0.717) is 11.3 Å². The number of thioether (sulfide) groups is 1. The lowest BCUT2D eigenvalue weighted by atomic mass is 10.1. The number of benzene rings is 1. The Balaban J connectivity index is 2.36. The number of rotatable bonds is 2. The summed E-state index contributed by atoms with van der Waals surface area (Å²) in [7, 11) is 0. The molecule has 3 N–H and O–H groups in total. The third-order valence-corrected chi connectivity index (χ3v) is 3.60. The van der Waals surface area contributed by atoms with Gasteiger partial charge < -0.3 is 11.1 Å². The molecule has 0 aliphatic carbocycles. The van der Waals surface area contributed by atoms with E-state index in [-0.39, 0.29) is 23.5 Å². The zero-order valence-electron chi connectivity index (χ0n) is 8.82. The minimum absolute atomic E-state index is 0.0176. The van der Waals surface area contributed by atoms with Gasteiger partial charge in [-0.05, 0) is 19.1 Å². The Morgan fingerprint density at radius 2 is 2.31 bits per heavy atom. The van der Waals surface area contributed by atoms with Crippen molar-refractivity contribution in [2.45, 2.75) is 17.1 Å². The molecule has 0 radical (unpaired) electrons. The first-order valence-electron chi connectivity index (χ1n) is 4.96. The van der Waals surface area contributed by atoms with Crippen LogP contribution < -0.4 is 11.1 Å². The van der Waals surface area contributed by atoms with Crippen LogP contribution in [0.5, 0.6) is 0 Å². The Morgan fingerprint density at radius 1 is 1.56 bits per heavy atom. The van der Waals surface area contributed by atoms with Crippen molar-refractivity contribution in [3.05, 3.63) is 23.8 Å². The molecule has 84 valence electrons. The lowest BCUT2D eigenvalue weighted by Crippen LogP contribution is -2.26. The van der Waals surface area contributed by atoms with Crippen molar-refractivity contribution in [1.29, 1.82) is 0 Å². The highest BCUT2D eigenvalue weighted by Gasteiger charge is 2.23. The first-order chi connectivity index (χ1) is 7.61. The number of hydrogen-bond acceptors (Lipinski definition) is 4. The molecular formula is C11H12N2O2S. The molecule has 2 rings (SSSR count). The molecule has 1 unspecified atom stereocenters. The van der Waals surface area contributed by atoms with Gasteiger partial charge in [0.1, 0.15) is 0 Å². The number of Topliss-reactive ketones (excluding diaryl/α,β-unsaturated/α-hetero) is 1. The van der Waals surface area contributed by atoms with Gasteiger partial charge in [-0.3, -0.25) is 9.59 Å². The second kappa shape index (κ2) is 4.27. The average Bonchev–Trinajstić information content (AvgIpc) is 2.29. The first kappa shape index (κ1) is 11.2. The van der Waals surface area contributed by atoms with Gasteiger partial charge in [0.05, 0.1) is 17.5 Å². The van der Waals surface area contributed by atoms with Crippen LogP contribution in [0.25, 0.3) is 0 Å². The summed E-state index contributed by atoms with van der Waals surface area (Å²) >= 11 is 1.49. The Kier molecular flexibility index (Phi) is 2.98. The summed E-state index contributed by atoms with van der Waals surface area (Å²) in [6.45, 7) is 1.83. The second-order valence-corrected chi connectivity index (χ2v) is 4.97. The maximum atomic E-state index is 11.5. The van der Waals surface area contributed by atoms with Crippen LogP contribution in [-0.4, -0.2) is 23.5 Å². The molecule has 1 aromatic carbocycles. The van der Waals surface area contributed by atoms with Crippen LogP contribution in [-0.2, 0) is 4.79 Å². The number of amides is 1. The highest BCUT2D eigenvalue weighted by Crippen LogP contribution is 2.35. The van der Waals surface area contributed by atoms with Crippen LogP contribution in [0.15, 0.2) is 23.1 Å². The van der Waals surface area contributed by atoms with Gasteiger partial charge in [-0.1, -0.05) is 6.07 Å². The van der Waals surface area contributed by atoms with Gasteiger partial charge in [-0.15, -0.1) is 11.8 Å². The lowest BCUT2D eigenvalue weighted by Gasteiger charge is -2.21. The zero-order chi connectivity index (χ0) is 11.7. The van der Waals surface area contributed by atoms with Crippen LogP contribution in [0, 0.1) is 0 Å². The molecule has 0 saturated carbocycles. The van der Waals surface area contributed by atoms with Gasteiger partial charge in [-0.2, -0.15) is 0 Å². The number of carbonyl (C=O) groups excluding carboxylic acids is 2. The molecule has 0 spiro atoms. The molecule has 0 fully saturated rings. The van der Waals surface area contributed by atoms with Gasteiger partial charge in [0, 0.05) is 10.5 Å². The molecule has 1 amide bonds. The van der Waals surface area contributed by atoms with Crippen LogP contribution in [0.2, 0.25) is 0 Å². The van der Waals surface area contributed by atoms with Gasteiger partial charge in [0.25, 0.3) is 0 Å². The monoisotopic (exact) mass is 236 g/mol. The predicted octanol–water partition coefficient (Wildman–Crippen LogP) is 1.26. The molecule has 1 aliphatic rings. The number of anilines is 1. The number of nitrogens with two attached hydrogens (primary N) is 1. The quantitative estimate of drug-likeness (QED) is 0.758. The number of nitrogens with one attached hydrogen (secondary N) is 1. The molecule has 1 aliphatic heterocycles. The van der Waals surface area contributed by atoms with E-state index in [9.17, 15) is 9.59 Å². The molecular weight excluding hydrogens is 224 g/mol. The highest BCUT2D eigenvalue weighted by molar-refractivity contribution is 8.00. The van der Waals surface area contributed by atoms with Crippen molar-refractivity contribution in [2.75, 3.05) is 11.9 Å². The number of ketones is 1. The normalized spacial score (nSPS) is 18.9. The van der Waals surface area contributed by atoms with Crippen LogP contribution in [0.3, 0.4) is 0 Å². The maximum absolute atomic E-state index is 11.5. The second-order valence-electron chi connectivity index (χ2n) is 3.59. The van der Waals surface area contributed by atoms with Gasteiger partial charge >= 0.3 is 0 Å². The molecule has 5 heteroatoms. The molecule has 0 aromatic heterocycles. The number of fused-ring (bicyclic) bond motifs is 1. The zero-order valence-corrected chi connectivity index (χ0v) is 9.64. The summed E-state index contributed by atoms with van der Waals surface area (Å²) in [6.07, 6.45) is 0. The Morgan fingerprint density at radius 3 is 3.00 bits per heavy atom. The number of hydrogen-bond donors (Lipinski definition) is 2. The van der Waals surface area contributed by atoms with Gasteiger partial charge in [-0.25, -0.2) is 0 Å². The van der Waals surface area contributed by atoms with Crippen molar-refractivity contribution < 1.29 is 9.59 Å². The Hall–Kier alpha value is -1.33.